The zero-order valence-corrected chi connectivity index (χ0v) is 49.0. The normalized spacial score (nSPS) is 10.5. The van der Waals surface area contributed by atoms with E-state index in [1.807, 2.05) is 0 Å². The van der Waals surface area contributed by atoms with E-state index in [1.165, 1.54) is 127 Å². The minimum absolute atomic E-state index is 0. The van der Waals surface area contributed by atoms with Gasteiger partial charge in [0.05, 0.1) is 0 Å². The van der Waals surface area contributed by atoms with Crippen molar-refractivity contribution in [2.24, 2.45) is 0 Å². The van der Waals surface area contributed by atoms with Gasteiger partial charge in [-0.05, 0) is 35.8 Å². The predicted octanol–water partition coefficient (Wildman–Crippen LogP) is 12.0. The van der Waals surface area contributed by atoms with E-state index in [1.54, 1.807) is 10.6 Å². The first-order chi connectivity index (χ1) is 31.4. The van der Waals surface area contributed by atoms with Gasteiger partial charge in [-0.25, -0.2) is 0 Å². The number of aryl methyl sites for hydroxylation is 2. The van der Waals surface area contributed by atoms with Crippen LogP contribution < -0.4 is 35.4 Å². The van der Waals surface area contributed by atoms with Gasteiger partial charge in [0, 0.05) is 0 Å². The fraction of sp³-hybridized carbons (Fsp3) is 0.226. The van der Waals surface area contributed by atoms with Crippen molar-refractivity contribution in [3.63, 3.8) is 0 Å². The average molecular weight is 1130 g/mol. The molecule has 0 N–H and O–H groups in total. The first kappa shape index (κ1) is 59.3. The maximum absolute atomic E-state index is 2.41. The molecule has 0 saturated carbocycles. The van der Waals surface area contributed by atoms with E-state index < -0.39 is 0 Å². The van der Waals surface area contributed by atoms with Crippen LogP contribution in [0.5, 0.6) is 0 Å². The van der Waals surface area contributed by atoms with Crippen LogP contribution in [0.4, 0.5) is 0 Å². The predicted molar refractivity (Wildman–Crippen MR) is 292 cm³/mol. The van der Waals surface area contributed by atoms with Crippen LogP contribution in [0.1, 0.15) is 64.5 Å². The molecule has 0 fully saturated rings. The molecule has 0 amide bonds. The summed E-state index contributed by atoms with van der Waals surface area (Å²) in [4.78, 5) is 0. The second-order valence-corrected chi connectivity index (χ2v) is 22.1. The van der Waals surface area contributed by atoms with Crippen LogP contribution in [-0.2, 0) is 52.4 Å². The number of rotatable bonds is 12. The maximum atomic E-state index is 2.41. The molecule has 10 aromatic rings. The summed E-state index contributed by atoms with van der Waals surface area (Å²) in [7, 11) is 0.194. The summed E-state index contributed by atoms with van der Waals surface area (Å²) in [6.45, 7) is 13.5. The number of benzene rings is 6. The van der Waals surface area contributed by atoms with Crippen LogP contribution in [0.25, 0.3) is 65.3 Å². The Labute approximate surface area is 461 Å². The first-order valence-corrected chi connectivity index (χ1v) is 27.0. The van der Waals surface area contributed by atoms with Gasteiger partial charge in [0.2, 0.25) is 0 Å². The molecule has 0 bridgehead atoms. The number of hydrogen-bond acceptors (Lipinski definition) is 0. The van der Waals surface area contributed by atoms with Crippen molar-refractivity contribution in [3.05, 3.63) is 205 Å². The molecular weight excluding hydrogens is 1060 g/mol. The van der Waals surface area contributed by atoms with Gasteiger partial charge in [-0.2, -0.15) is 24.3 Å². The second kappa shape index (κ2) is 30.6. The van der Waals surface area contributed by atoms with Crippen LogP contribution in [0.15, 0.2) is 194 Å². The van der Waals surface area contributed by atoms with Crippen LogP contribution in [0, 0.1) is 13.8 Å². The molecular formula is C62H66Cl2P2Zr2-2. The third-order valence-corrected chi connectivity index (χ3v) is 17.8. The smallest absolute Gasteiger partial charge is 1.00 e. The summed E-state index contributed by atoms with van der Waals surface area (Å²) in [6.07, 6.45) is 10.8. The quantitative estimate of drug-likeness (QED) is 0.0845. The topological polar surface area (TPSA) is 0 Å². The zero-order valence-electron chi connectivity index (χ0n) is 40.8. The van der Waals surface area contributed by atoms with Crippen molar-refractivity contribution in [2.45, 2.75) is 67.2 Å². The van der Waals surface area contributed by atoms with Crippen molar-refractivity contribution in [2.75, 3.05) is 24.6 Å². The fourth-order valence-corrected chi connectivity index (χ4v) is 13.9. The summed E-state index contributed by atoms with van der Waals surface area (Å²) in [5, 5.41) is 14.2. The maximum Gasteiger partial charge on any atom is 2.00 e. The minimum Gasteiger partial charge on any atom is -1.00 e. The van der Waals surface area contributed by atoms with Crippen LogP contribution in [0.3, 0.4) is 0 Å². The standard InChI is InChI=1S/2C16H13.2C15H20P.2ClH.2Zr/c2*1-12-10-14-8-5-9-15(16(14)11-12)13-6-3-2-4-7-13;2*1-3-9-16(10-4-2)15-11-13-7-5-6-8-14(13)12-15;;;;/h2*2-11H,1H3;2*5-8,11-12H,3-4,9-10H2,1-2H3;2*1H;;/q4*-1;;;2*+2/p-2. The van der Waals surface area contributed by atoms with Gasteiger partial charge in [0.25, 0.3) is 0 Å². The molecule has 0 aliphatic rings. The van der Waals surface area contributed by atoms with E-state index in [4.69, 9.17) is 0 Å². The van der Waals surface area contributed by atoms with E-state index in [0.717, 1.165) is 0 Å². The summed E-state index contributed by atoms with van der Waals surface area (Å²) < 4.78 is 0. The van der Waals surface area contributed by atoms with Gasteiger partial charge in [-0.15, -0.1) is 150 Å². The van der Waals surface area contributed by atoms with Crippen molar-refractivity contribution in [1.82, 2.24) is 0 Å². The fourth-order valence-electron chi connectivity index (χ4n) is 8.96. The summed E-state index contributed by atoms with van der Waals surface area (Å²) in [5.41, 5.74) is 7.89. The van der Waals surface area contributed by atoms with E-state index in [-0.39, 0.29) is 93.1 Å². The molecule has 0 aliphatic heterocycles. The molecule has 348 valence electrons. The summed E-state index contributed by atoms with van der Waals surface area (Å²) in [6, 6.07) is 70.2. The Hall–Kier alpha value is -3.03. The third kappa shape index (κ3) is 16.0. The molecule has 0 saturated heterocycles. The Kier molecular flexibility index (Phi) is 26.7. The second-order valence-electron chi connectivity index (χ2n) is 17.1. The molecule has 0 atom stereocenters. The van der Waals surface area contributed by atoms with Crippen LogP contribution in [-0.4, -0.2) is 24.6 Å². The largest absolute Gasteiger partial charge is 2.00 e. The molecule has 6 heteroatoms. The number of halogens is 2. The van der Waals surface area contributed by atoms with Gasteiger partial charge in [0.15, 0.2) is 0 Å². The van der Waals surface area contributed by atoms with Gasteiger partial charge < -0.3 is 24.8 Å². The van der Waals surface area contributed by atoms with Crippen molar-refractivity contribution in [3.8, 4) is 22.3 Å². The molecule has 0 aliphatic carbocycles. The third-order valence-electron chi connectivity index (χ3n) is 11.9. The van der Waals surface area contributed by atoms with Gasteiger partial charge >= 0.3 is 52.4 Å². The Morgan fingerprint density at radius 2 is 0.676 bits per heavy atom. The molecule has 0 heterocycles. The Bertz CT molecular complexity index is 2660. The molecule has 0 nitrogen and oxygen atoms in total. The Morgan fingerprint density at radius 1 is 0.353 bits per heavy atom. The average Bonchev–Trinajstić information content (AvgIpc) is 4.14. The molecule has 0 aromatic heterocycles. The van der Waals surface area contributed by atoms with Gasteiger partial charge in [-0.1, -0.05) is 179 Å². The molecule has 68 heavy (non-hydrogen) atoms. The van der Waals surface area contributed by atoms with E-state index in [2.05, 4.69) is 236 Å². The SMILES string of the molecule is CCCP(CCC)c1cc2ccccc2[cH-]1.CCCP(CCC)c1cc2ccccc2[cH-]1.Cc1cc2c(-c3ccccc3)cccc2[cH-]1.Cc1cc2c(-c3ccccc3)cccc2[cH-]1.[Cl-].[Cl-].[Zr+2].[Zr+2]. The van der Waals surface area contributed by atoms with Gasteiger partial charge in [-0.3, -0.25) is 0 Å². The van der Waals surface area contributed by atoms with E-state index in [9.17, 15) is 0 Å². The molecule has 0 radical (unpaired) electrons. The Balaban J connectivity index is 0.000000236. The number of hydrogen-bond donors (Lipinski definition) is 0. The summed E-state index contributed by atoms with van der Waals surface area (Å²) in [5.74, 6) is 0. The number of fused-ring (bicyclic) bond motifs is 4. The molecule has 10 aromatic carbocycles. The first-order valence-electron chi connectivity index (χ1n) is 23.6. The van der Waals surface area contributed by atoms with Crippen LogP contribution in [0.2, 0.25) is 0 Å². The summed E-state index contributed by atoms with van der Waals surface area (Å²) >= 11 is 0. The van der Waals surface area contributed by atoms with E-state index >= 15 is 0 Å². The molecule has 0 unspecified atom stereocenters. The van der Waals surface area contributed by atoms with Gasteiger partial charge in [0.1, 0.15) is 0 Å². The van der Waals surface area contributed by atoms with Crippen LogP contribution >= 0.6 is 15.8 Å². The minimum atomic E-state index is 0. The Morgan fingerprint density at radius 3 is 1.01 bits per heavy atom. The monoisotopic (exact) mass is 1120 g/mol. The van der Waals surface area contributed by atoms with Crippen molar-refractivity contribution >= 4 is 69.5 Å². The van der Waals surface area contributed by atoms with Crippen molar-refractivity contribution < 1.29 is 77.2 Å². The molecule has 10 rings (SSSR count). The molecule has 0 spiro atoms. The van der Waals surface area contributed by atoms with Crippen molar-refractivity contribution in [1.29, 1.82) is 0 Å². The zero-order chi connectivity index (χ0) is 44.7. The van der Waals surface area contributed by atoms with E-state index in [0.29, 0.717) is 0 Å².